The number of imide groups is 1. The Labute approximate surface area is 94.2 Å². The number of urea groups is 1. The minimum atomic E-state index is -0.521. The van der Waals surface area contributed by atoms with Gasteiger partial charge in [-0.25, -0.2) is 4.79 Å². The molecular formula is C12H16N2O2. The summed E-state index contributed by atoms with van der Waals surface area (Å²) in [5.74, 6) is 2.58. The molecule has 0 unspecified atom stereocenters. The molecule has 3 amide bonds. The standard InChI is InChI=1S/C12H16N2O2/c15-10-12(14-11(16)13-10)5-6-4-9(12)8-3-1-2-7(6)8/h6-9H,1-5H2,(H2,13,14,15,16)/t6-,7+,8-,9+,12-/m1/s1. The summed E-state index contributed by atoms with van der Waals surface area (Å²) in [6.45, 7) is 0. The van der Waals surface area contributed by atoms with Crippen LogP contribution in [-0.2, 0) is 4.79 Å². The number of carbonyl (C=O) groups excluding carboxylic acids is 2. The van der Waals surface area contributed by atoms with Crippen molar-refractivity contribution >= 4 is 11.9 Å². The molecule has 2 bridgehead atoms. The lowest BCUT2D eigenvalue weighted by atomic mass is 9.71. The summed E-state index contributed by atoms with van der Waals surface area (Å²) < 4.78 is 0. The van der Waals surface area contributed by atoms with E-state index in [1.54, 1.807) is 0 Å². The van der Waals surface area contributed by atoms with E-state index in [1.165, 1.54) is 19.3 Å². The van der Waals surface area contributed by atoms with Crippen molar-refractivity contribution in [2.75, 3.05) is 0 Å². The molecule has 5 atom stereocenters. The zero-order valence-corrected chi connectivity index (χ0v) is 9.16. The molecule has 3 aliphatic carbocycles. The molecule has 0 aromatic heterocycles. The lowest BCUT2D eigenvalue weighted by Gasteiger charge is -2.37. The van der Waals surface area contributed by atoms with Crippen LogP contribution >= 0.6 is 0 Å². The fraction of sp³-hybridized carbons (Fsp3) is 0.833. The topological polar surface area (TPSA) is 58.2 Å². The molecule has 4 aliphatic rings. The third-order valence-electron chi connectivity index (χ3n) is 5.49. The van der Waals surface area contributed by atoms with Gasteiger partial charge in [-0.05, 0) is 49.4 Å². The number of carbonyl (C=O) groups is 2. The highest BCUT2D eigenvalue weighted by Gasteiger charge is 2.66. The number of amides is 3. The molecule has 3 saturated carbocycles. The average molecular weight is 220 g/mol. The van der Waals surface area contributed by atoms with Crippen LogP contribution in [0.2, 0.25) is 0 Å². The van der Waals surface area contributed by atoms with E-state index in [-0.39, 0.29) is 11.9 Å². The summed E-state index contributed by atoms with van der Waals surface area (Å²) in [7, 11) is 0. The third kappa shape index (κ3) is 0.837. The van der Waals surface area contributed by atoms with Gasteiger partial charge >= 0.3 is 6.03 Å². The predicted octanol–water partition coefficient (Wildman–Crippen LogP) is 1.02. The van der Waals surface area contributed by atoms with Gasteiger partial charge in [0.05, 0.1) is 0 Å². The van der Waals surface area contributed by atoms with Crippen molar-refractivity contribution in [3.05, 3.63) is 0 Å². The maximum absolute atomic E-state index is 12.0. The molecule has 4 rings (SSSR count). The summed E-state index contributed by atoms with van der Waals surface area (Å²) >= 11 is 0. The van der Waals surface area contributed by atoms with Crippen molar-refractivity contribution in [1.82, 2.24) is 10.6 Å². The van der Waals surface area contributed by atoms with Gasteiger partial charge in [0.2, 0.25) is 0 Å². The first-order chi connectivity index (χ1) is 7.71. The van der Waals surface area contributed by atoms with Crippen LogP contribution in [0.1, 0.15) is 32.1 Å². The van der Waals surface area contributed by atoms with Crippen LogP contribution in [-0.4, -0.2) is 17.5 Å². The van der Waals surface area contributed by atoms with Crippen LogP contribution in [0.25, 0.3) is 0 Å². The van der Waals surface area contributed by atoms with E-state index in [1.807, 2.05) is 0 Å². The number of rotatable bonds is 0. The van der Waals surface area contributed by atoms with E-state index in [0.717, 1.165) is 18.8 Å². The van der Waals surface area contributed by atoms with Crippen LogP contribution in [0, 0.1) is 23.7 Å². The van der Waals surface area contributed by atoms with Gasteiger partial charge in [-0.15, -0.1) is 0 Å². The molecule has 4 heteroatoms. The minimum absolute atomic E-state index is 0.0599. The van der Waals surface area contributed by atoms with Crippen molar-refractivity contribution in [2.45, 2.75) is 37.6 Å². The van der Waals surface area contributed by atoms with Gasteiger partial charge in [0.25, 0.3) is 5.91 Å². The van der Waals surface area contributed by atoms with Crippen LogP contribution in [0.15, 0.2) is 0 Å². The van der Waals surface area contributed by atoms with Gasteiger partial charge in [-0.1, -0.05) is 6.42 Å². The fourth-order valence-electron chi connectivity index (χ4n) is 5.05. The molecule has 0 aromatic carbocycles. The Morgan fingerprint density at radius 1 is 1.19 bits per heavy atom. The van der Waals surface area contributed by atoms with E-state index < -0.39 is 5.54 Å². The molecule has 0 radical (unpaired) electrons. The summed E-state index contributed by atoms with van der Waals surface area (Å²) in [5.41, 5.74) is -0.521. The van der Waals surface area contributed by atoms with Crippen LogP contribution in [0.5, 0.6) is 0 Å². The smallest absolute Gasteiger partial charge is 0.322 e. The SMILES string of the molecule is O=C1NC(=O)[C@]2(C[C@H]3C[C@H]2[C@@H]2CCC[C@@H]32)N1. The average Bonchev–Trinajstić information content (AvgIpc) is 2.89. The zero-order chi connectivity index (χ0) is 10.9. The largest absolute Gasteiger partial charge is 0.323 e. The quantitative estimate of drug-likeness (QED) is 0.599. The number of fused-ring (bicyclic) bond motifs is 6. The van der Waals surface area contributed by atoms with Crippen LogP contribution in [0.4, 0.5) is 4.79 Å². The molecule has 86 valence electrons. The molecule has 1 heterocycles. The van der Waals surface area contributed by atoms with Gasteiger partial charge in [0.15, 0.2) is 0 Å². The fourth-order valence-corrected chi connectivity index (χ4v) is 5.05. The van der Waals surface area contributed by atoms with Gasteiger partial charge in [-0.2, -0.15) is 0 Å². The van der Waals surface area contributed by atoms with E-state index in [4.69, 9.17) is 0 Å². The lowest BCUT2D eigenvalue weighted by molar-refractivity contribution is -0.126. The molecule has 4 nitrogen and oxygen atoms in total. The Bertz CT molecular complexity index is 394. The molecular weight excluding hydrogens is 204 g/mol. The molecule has 2 N–H and O–H groups in total. The third-order valence-corrected chi connectivity index (χ3v) is 5.49. The van der Waals surface area contributed by atoms with Gasteiger partial charge in [0.1, 0.15) is 5.54 Å². The second-order valence-electron chi connectivity index (χ2n) is 5.94. The zero-order valence-electron chi connectivity index (χ0n) is 9.16. The number of hydrogen-bond donors (Lipinski definition) is 2. The Balaban J connectivity index is 1.74. The lowest BCUT2D eigenvalue weighted by Crippen LogP contribution is -2.54. The van der Waals surface area contributed by atoms with Crippen molar-refractivity contribution in [2.24, 2.45) is 23.7 Å². The highest BCUT2D eigenvalue weighted by molar-refractivity contribution is 6.07. The minimum Gasteiger partial charge on any atom is -0.323 e. The highest BCUT2D eigenvalue weighted by atomic mass is 16.2. The Hall–Kier alpha value is -1.06. The molecule has 16 heavy (non-hydrogen) atoms. The normalized spacial score (nSPS) is 53.2. The van der Waals surface area contributed by atoms with E-state index in [2.05, 4.69) is 10.6 Å². The maximum Gasteiger partial charge on any atom is 0.322 e. The molecule has 1 saturated heterocycles. The highest BCUT2D eigenvalue weighted by Crippen LogP contribution is 2.62. The summed E-state index contributed by atoms with van der Waals surface area (Å²) in [6.07, 6.45) is 5.96. The first-order valence-corrected chi connectivity index (χ1v) is 6.34. The maximum atomic E-state index is 12.0. The number of hydrogen-bond acceptors (Lipinski definition) is 2. The Morgan fingerprint density at radius 2 is 2.00 bits per heavy atom. The first-order valence-electron chi connectivity index (χ1n) is 6.34. The van der Waals surface area contributed by atoms with Gasteiger partial charge in [0, 0.05) is 0 Å². The van der Waals surface area contributed by atoms with Crippen LogP contribution < -0.4 is 10.6 Å². The van der Waals surface area contributed by atoms with E-state index >= 15 is 0 Å². The van der Waals surface area contributed by atoms with E-state index in [0.29, 0.717) is 17.8 Å². The molecule has 1 spiro atoms. The number of nitrogens with one attached hydrogen (secondary N) is 2. The van der Waals surface area contributed by atoms with Crippen molar-refractivity contribution in [3.63, 3.8) is 0 Å². The Kier molecular flexibility index (Phi) is 1.47. The molecule has 0 aromatic rings. The van der Waals surface area contributed by atoms with Crippen molar-refractivity contribution in [1.29, 1.82) is 0 Å². The Morgan fingerprint density at radius 3 is 2.75 bits per heavy atom. The second kappa shape index (κ2) is 2.60. The second-order valence-corrected chi connectivity index (χ2v) is 5.94. The first kappa shape index (κ1) is 9.02. The summed E-state index contributed by atoms with van der Waals surface area (Å²) in [4.78, 5) is 23.3. The van der Waals surface area contributed by atoms with Crippen molar-refractivity contribution < 1.29 is 9.59 Å². The van der Waals surface area contributed by atoms with E-state index in [9.17, 15) is 9.59 Å². The van der Waals surface area contributed by atoms with Gasteiger partial charge in [-0.3, -0.25) is 10.1 Å². The molecule has 4 fully saturated rings. The predicted molar refractivity (Wildman–Crippen MR) is 56.5 cm³/mol. The van der Waals surface area contributed by atoms with Gasteiger partial charge < -0.3 is 5.32 Å². The summed E-state index contributed by atoms with van der Waals surface area (Å²) in [6, 6.07) is -0.285. The monoisotopic (exact) mass is 220 g/mol. The van der Waals surface area contributed by atoms with Crippen LogP contribution in [0.3, 0.4) is 0 Å². The van der Waals surface area contributed by atoms with Crippen molar-refractivity contribution in [3.8, 4) is 0 Å². The summed E-state index contributed by atoms with van der Waals surface area (Å²) in [5, 5.41) is 5.35. The molecule has 1 aliphatic heterocycles.